The maximum absolute atomic E-state index is 13.0. The third kappa shape index (κ3) is 3.87. The Hall–Kier alpha value is -2.02. The van der Waals surface area contributed by atoms with E-state index in [2.05, 4.69) is 4.90 Å². The van der Waals surface area contributed by atoms with E-state index in [1.807, 2.05) is 62.6 Å². The van der Waals surface area contributed by atoms with Gasteiger partial charge in [0.1, 0.15) is 11.9 Å². The minimum Gasteiger partial charge on any atom is -0.497 e. The summed E-state index contributed by atoms with van der Waals surface area (Å²) in [5, 5.41) is 10.9. The molecule has 1 amide bonds. The summed E-state index contributed by atoms with van der Waals surface area (Å²) in [6.45, 7) is 0.802. The summed E-state index contributed by atoms with van der Waals surface area (Å²) in [4.78, 5) is 16.1. The van der Waals surface area contributed by atoms with Crippen LogP contribution >= 0.6 is 11.9 Å². The second-order valence-corrected chi connectivity index (χ2v) is 7.59. The third-order valence-corrected chi connectivity index (χ3v) is 5.68. The number of aliphatic hydroxyl groups is 1. The molecule has 2 aromatic rings. The summed E-state index contributed by atoms with van der Waals surface area (Å²) in [6, 6.07) is 15.2. The summed E-state index contributed by atoms with van der Waals surface area (Å²) in [7, 11) is 5.60. The van der Waals surface area contributed by atoms with E-state index in [0.717, 1.165) is 28.4 Å². The van der Waals surface area contributed by atoms with Gasteiger partial charge in [-0.15, -0.1) is 0 Å². The van der Waals surface area contributed by atoms with Crippen LogP contribution in [0.3, 0.4) is 0 Å². The van der Waals surface area contributed by atoms with Crippen molar-refractivity contribution in [2.75, 3.05) is 32.1 Å². The van der Waals surface area contributed by atoms with Crippen molar-refractivity contribution < 1.29 is 14.6 Å². The molecule has 0 saturated heterocycles. The van der Waals surface area contributed by atoms with E-state index in [-0.39, 0.29) is 11.8 Å². The summed E-state index contributed by atoms with van der Waals surface area (Å²) >= 11 is 1.36. The molecule has 1 heterocycles. The Bertz CT molecular complexity index is 764. The molecule has 0 bridgehead atoms. The second-order valence-electron chi connectivity index (χ2n) is 6.60. The van der Waals surface area contributed by atoms with Crippen LogP contribution in [-0.4, -0.2) is 49.8 Å². The Morgan fingerprint density at radius 2 is 1.85 bits per heavy atom. The van der Waals surface area contributed by atoms with Gasteiger partial charge in [0.15, 0.2) is 0 Å². The number of fused-ring (bicyclic) bond motifs is 1. The zero-order valence-corrected chi connectivity index (χ0v) is 16.1. The number of benzene rings is 2. The van der Waals surface area contributed by atoms with Gasteiger partial charge in [-0.2, -0.15) is 0 Å². The largest absolute Gasteiger partial charge is 0.497 e. The highest BCUT2D eigenvalue weighted by Gasteiger charge is 2.37. The van der Waals surface area contributed by atoms with Crippen LogP contribution in [0, 0.1) is 0 Å². The second kappa shape index (κ2) is 8.12. The fourth-order valence-corrected chi connectivity index (χ4v) is 4.17. The van der Waals surface area contributed by atoms with Gasteiger partial charge in [0.05, 0.1) is 12.8 Å². The molecule has 0 saturated carbocycles. The molecule has 0 radical (unpaired) electrons. The summed E-state index contributed by atoms with van der Waals surface area (Å²) in [6.07, 6.45) is -0.360. The highest BCUT2D eigenvalue weighted by Crippen LogP contribution is 2.41. The number of rotatable bonds is 5. The lowest BCUT2D eigenvalue weighted by Gasteiger charge is -2.24. The van der Waals surface area contributed by atoms with Crippen LogP contribution in [0.2, 0.25) is 0 Å². The highest BCUT2D eigenvalue weighted by molar-refractivity contribution is 8.01. The molecule has 5 nitrogen and oxygen atoms in total. The first-order valence-corrected chi connectivity index (χ1v) is 9.36. The molecule has 3 rings (SSSR count). The molecule has 0 fully saturated rings. The van der Waals surface area contributed by atoms with Gasteiger partial charge in [-0.3, -0.25) is 4.79 Å². The minimum atomic E-state index is -1.08. The molecule has 6 heteroatoms. The van der Waals surface area contributed by atoms with E-state index in [9.17, 15) is 9.90 Å². The van der Waals surface area contributed by atoms with E-state index in [1.54, 1.807) is 11.4 Å². The SMILES string of the molecule is COc1ccc(N2Sc3ccccc3[C@@H](CCN(C)C)C(O)C2=O)cc1. The predicted octanol–water partition coefficient (Wildman–Crippen LogP) is 3.15. The number of nitrogens with zero attached hydrogens (tertiary/aromatic N) is 2. The van der Waals surface area contributed by atoms with Gasteiger partial charge in [0.25, 0.3) is 5.91 Å². The molecule has 2 atom stereocenters. The first-order valence-electron chi connectivity index (χ1n) is 8.59. The number of hydrogen-bond acceptors (Lipinski definition) is 5. The highest BCUT2D eigenvalue weighted by atomic mass is 32.2. The molecule has 1 aliphatic heterocycles. The monoisotopic (exact) mass is 372 g/mol. The molecule has 1 unspecified atom stereocenters. The van der Waals surface area contributed by atoms with Crippen molar-refractivity contribution in [3.8, 4) is 5.75 Å². The topological polar surface area (TPSA) is 53.0 Å². The van der Waals surface area contributed by atoms with Gasteiger partial charge in [0, 0.05) is 10.8 Å². The van der Waals surface area contributed by atoms with Crippen molar-refractivity contribution in [1.82, 2.24) is 4.90 Å². The number of hydrogen-bond donors (Lipinski definition) is 1. The number of ether oxygens (including phenoxy) is 1. The van der Waals surface area contributed by atoms with Gasteiger partial charge in [0.2, 0.25) is 0 Å². The van der Waals surface area contributed by atoms with Crippen molar-refractivity contribution in [2.45, 2.75) is 23.3 Å². The van der Waals surface area contributed by atoms with Gasteiger partial charge in [-0.05, 0) is 74.9 Å². The van der Waals surface area contributed by atoms with Gasteiger partial charge in [-0.25, -0.2) is 4.31 Å². The molecular formula is C20H24N2O3S. The normalized spacial score (nSPS) is 20.0. The van der Waals surface area contributed by atoms with Crippen LogP contribution in [0.15, 0.2) is 53.4 Å². The van der Waals surface area contributed by atoms with Crippen LogP contribution in [0.1, 0.15) is 17.9 Å². The molecule has 26 heavy (non-hydrogen) atoms. The van der Waals surface area contributed by atoms with Gasteiger partial charge in [-0.1, -0.05) is 18.2 Å². The Morgan fingerprint density at radius 3 is 2.50 bits per heavy atom. The van der Waals surface area contributed by atoms with Crippen molar-refractivity contribution >= 4 is 23.5 Å². The van der Waals surface area contributed by atoms with Crippen LogP contribution in [0.25, 0.3) is 0 Å². The van der Waals surface area contributed by atoms with E-state index in [0.29, 0.717) is 6.42 Å². The minimum absolute atomic E-state index is 0.225. The van der Waals surface area contributed by atoms with Gasteiger partial charge < -0.3 is 14.7 Å². The maximum Gasteiger partial charge on any atom is 0.266 e. The number of anilines is 1. The van der Waals surface area contributed by atoms with E-state index in [4.69, 9.17) is 4.74 Å². The zero-order chi connectivity index (χ0) is 18.7. The third-order valence-electron chi connectivity index (χ3n) is 4.54. The lowest BCUT2D eigenvalue weighted by molar-refractivity contribution is -0.126. The molecular weight excluding hydrogens is 348 g/mol. The van der Waals surface area contributed by atoms with Crippen LogP contribution in [0.4, 0.5) is 5.69 Å². The Balaban J connectivity index is 1.97. The molecule has 0 spiro atoms. The number of methoxy groups -OCH3 is 1. The van der Waals surface area contributed by atoms with Crippen molar-refractivity contribution in [2.24, 2.45) is 0 Å². The van der Waals surface area contributed by atoms with Crippen LogP contribution < -0.4 is 9.04 Å². The van der Waals surface area contributed by atoms with Crippen molar-refractivity contribution in [3.05, 3.63) is 54.1 Å². The van der Waals surface area contributed by atoms with Gasteiger partial charge >= 0.3 is 0 Å². The summed E-state index contributed by atoms with van der Waals surface area (Å²) < 4.78 is 6.77. The standard InChI is InChI=1S/C20H24N2O3S/c1-21(2)13-12-17-16-6-4-5-7-18(16)26-22(20(24)19(17)23)14-8-10-15(25-3)11-9-14/h4-11,17,19,23H,12-13H2,1-3H3/t17-,19?/m1/s1. The number of carbonyl (C=O) groups excluding carboxylic acids is 1. The fourth-order valence-electron chi connectivity index (χ4n) is 3.08. The van der Waals surface area contributed by atoms with E-state index < -0.39 is 6.10 Å². The number of amides is 1. The fraction of sp³-hybridized carbons (Fsp3) is 0.350. The van der Waals surface area contributed by atoms with Crippen LogP contribution in [-0.2, 0) is 4.79 Å². The van der Waals surface area contributed by atoms with Crippen LogP contribution in [0.5, 0.6) is 5.75 Å². The molecule has 1 aliphatic rings. The zero-order valence-electron chi connectivity index (χ0n) is 15.3. The first kappa shape index (κ1) is 18.8. The molecule has 2 aromatic carbocycles. The summed E-state index contributed by atoms with van der Waals surface area (Å²) in [5.74, 6) is 0.211. The van der Waals surface area contributed by atoms with Crippen molar-refractivity contribution in [3.63, 3.8) is 0 Å². The molecule has 0 aromatic heterocycles. The predicted molar refractivity (Wildman–Crippen MR) is 105 cm³/mol. The molecule has 138 valence electrons. The Kier molecular flexibility index (Phi) is 5.86. The smallest absolute Gasteiger partial charge is 0.266 e. The average molecular weight is 372 g/mol. The van der Waals surface area contributed by atoms with Crippen molar-refractivity contribution in [1.29, 1.82) is 0 Å². The molecule has 0 aliphatic carbocycles. The van der Waals surface area contributed by atoms with E-state index >= 15 is 0 Å². The number of aliphatic hydroxyl groups excluding tert-OH is 1. The maximum atomic E-state index is 13.0. The summed E-state index contributed by atoms with van der Waals surface area (Å²) in [5.41, 5.74) is 1.75. The number of carbonyl (C=O) groups is 1. The average Bonchev–Trinajstić information content (AvgIpc) is 2.76. The van der Waals surface area contributed by atoms with E-state index in [1.165, 1.54) is 11.9 Å². The quantitative estimate of drug-likeness (QED) is 0.817. The Labute approximate surface area is 158 Å². The lowest BCUT2D eigenvalue weighted by atomic mass is 9.89. The molecule has 1 N–H and O–H groups in total. The Morgan fingerprint density at radius 1 is 1.15 bits per heavy atom. The first-order chi connectivity index (χ1) is 12.5. The lowest BCUT2D eigenvalue weighted by Crippen LogP contribution is -2.37.